The van der Waals surface area contributed by atoms with E-state index in [1.807, 2.05) is 84.9 Å². The first-order chi connectivity index (χ1) is 68.3. The first-order valence-corrected chi connectivity index (χ1v) is 152. The second-order valence-electron chi connectivity index (χ2n) is 33.8. The molecule has 4 aromatic carbocycles. The van der Waals surface area contributed by atoms with E-state index < -0.39 is 92.0 Å². The van der Waals surface area contributed by atoms with Crippen LogP contribution in [0.5, 0.6) is 0 Å². The number of amides is 7. The first kappa shape index (κ1) is 123. The third-order valence-corrected chi connectivity index (χ3v) is 1180. The molecule has 0 bridgehead atoms. The van der Waals surface area contributed by atoms with E-state index in [1.165, 1.54) is 0 Å². The van der Waals surface area contributed by atoms with Crippen LogP contribution in [0, 0.1) is 11.8 Å². The van der Waals surface area contributed by atoms with Crippen LogP contribution in [0.1, 0.15) is 163 Å². The minimum atomic E-state index is -1.94. The van der Waals surface area contributed by atoms with Crippen LogP contribution in [-0.4, -0.2) is 175 Å². The number of cyclic esters (lactones) is 2. The molecule has 144 heavy (non-hydrogen) atoms. The number of carbonyl (C=O) groups is 14. The Bertz CT molecular complexity index is 6450. The summed E-state index contributed by atoms with van der Waals surface area (Å²) in [5, 5.41) is 37.5. The molecule has 9 N–H and O–H groups in total. The number of nitrogens with one attached hydrogen (secondary N) is 5. The molecule has 2 aliphatic carbocycles. The number of ether oxygens (including phenoxy) is 3. The van der Waals surface area contributed by atoms with Crippen molar-refractivity contribution in [3.63, 3.8) is 0 Å². The van der Waals surface area contributed by atoms with Crippen molar-refractivity contribution in [3.05, 3.63) is 208 Å². The Morgan fingerprint density at radius 1 is 0.465 bits per heavy atom. The van der Waals surface area contributed by atoms with Gasteiger partial charge < -0.3 is 65.9 Å². The Hall–Kier alpha value is 0.1000. The second kappa shape index (κ2) is 57.5. The van der Waals surface area contributed by atoms with E-state index in [0.717, 1.165) is 121 Å². The summed E-state index contributed by atoms with van der Waals surface area (Å²) in [6.07, 6.45) is 7.01. The first-order valence-electron chi connectivity index (χ1n) is 44.7. The van der Waals surface area contributed by atoms with Crippen LogP contribution < -0.4 is 43.4 Å². The van der Waals surface area contributed by atoms with Gasteiger partial charge in [0, 0.05) is 121 Å². The SMILES string of the molecule is C.CC[C@@]1(O)C(=O)OCc2c1cc1n(c2=O)Cc2c-1nc1ccc(CC(=O)CNC(=O)[C@@H](CC(=O)CNC(=O)CCC(=O)CCOCCNC(=O)CCN3C(=O)C=CC3=O)Cc3ccccc3)c3c1c2CCC3.CC[C@@]1(O)C(=O)OCc2c1cc1n(c2=O)Cc2c-1nc1ccc(CC(=O)CNC(=O)[C@@H](CC(=O)CNC(=O)CN)Cc3ccccc3)c3c1c2CCC3.II(I)I(I)I(I)I(I)I(I)I(I)I(I)I(I)I. The number of Topliss-reactive ketones (excluding diaryl/α,β-unsaturated/α-hetero) is 5. The monoisotopic (exact) mass is 4000 g/mol. The molecule has 7 amide bonds. The molecule has 784 valence electrons. The number of fused-ring (bicyclic) bond motifs is 10. The number of ketones is 5. The maximum atomic E-state index is 13.8. The fourth-order valence-corrected chi connectivity index (χ4v) is 2530. The summed E-state index contributed by atoms with van der Waals surface area (Å²) in [5.41, 5.74) is 14.9. The van der Waals surface area contributed by atoms with Crippen LogP contribution in [0.3, 0.4) is 0 Å². The van der Waals surface area contributed by atoms with Gasteiger partial charge in [-0.1, -0.05) is 94.1 Å². The number of benzene rings is 4. The average molecular weight is 4010 g/mol. The number of aryl methyl sites for hydroxylation is 4. The molecule has 15 rings (SSSR count). The Morgan fingerprint density at radius 3 is 1.28 bits per heavy atom. The number of halogens is 18. The Kier molecular flexibility index (Phi) is 49.0. The molecule has 0 radical (unpaired) electrons. The summed E-state index contributed by atoms with van der Waals surface area (Å²) in [4.78, 5) is 215. The topological polar surface area (TPSA) is 466 Å². The zero-order valence-corrected chi connectivity index (χ0v) is 115. The molecule has 0 spiro atoms. The van der Waals surface area contributed by atoms with Gasteiger partial charge in [0.2, 0.25) is 29.5 Å². The van der Waals surface area contributed by atoms with Crippen LogP contribution >= 0.6 is 249 Å². The van der Waals surface area contributed by atoms with Gasteiger partial charge in [0.05, 0.1) is 104 Å². The molecule has 9 heterocycles. The van der Waals surface area contributed by atoms with Crippen LogP contribution in [0.15, 0.2) is 119 Å². The standard InChI is InChI=1S/C53H56N6O13.C40H41N5O8.CH4.I18/c1-2-53(70)41-26-43-49-39(29-59(43)51(68)40(41)30-72-52(53)69)38-10-6-9-37-32(11-13-42(57-49)48(37)38)24-35(61)28-56-50(67)33(23-31-7-4-3-5-8-31)25-36(62)27-55-44(63)14-12-34(60)18-21-71-22-19-54-45(64)17-20-58-46(65)15-16-47(58)66;1-2-40(52)31-16-33-36-29(20-45(33)38(50)30(31)21-53-39(40)51)28-10-6-9-27-23(11-12-32(44-36)35(27)28)14-25(46)19-43-37(49)24(13-22-7-4-3-5-8-22)15-26(47)18-42-34(48)17-41;;1-11(2)13(5)15(7)17(9)18(10)16(8)14(6)12(3)4/h3-5,7-8,11,13,15-16,26,33,70H,2,6,9-10,12,14,17-25,27-30H2,1H3,(H,54,64)(H,55,63)(H,56,67);3-5,7-8,11-12,16,24,52H,2,6,9-10,13-15,17-21,41H2,1H3,(H,42,48)(H,43,49);1H4;/t33-,53+;24-,40+;;/m11../s1. The van der Waals surface area contributed by atoms with Crippen LogP contribution in [0.2, 0.25) is 0 Å². The van der Waals surface area contributed by atoms with E-state index in [1.54, 1.807) is 35.1 Å². The number of carbonyl (C=O) groups excluding carboxylic acids is 14. The van der Waals surface area contributed by atoms with Crippen molar-refractivity contribution in [2.75, 3.05) is 59.0 Å². The minimum absolute atomic E-state index is 0. The van der Waals surface area contributed by atoms with Gasteiger partial charge in [-0.2, -0.15) is 0 Å². The predicted octanol–water partition coefficient (Wildman–Crippen LogP) is 20.2. The predicted molar refractivity (Wildman–Crippen MR) is 710 cm³/mol. The molecule has 50 heteroatoms. The van der Waals surface area contributed by atoms with Crippen LogP contribution in [-0.2, 0) is 170 Å². The summed E-state index contributed by atoms with van der Waals surface area (Å²) in [7, 11) is -3.13. The molecule has 32 nitrogen and oxygen atoms in total. The number of nitrogens with two attached hydrogens (primary N) is 1. The number of aliphatic hydroxyl groups is 2. The molecule has 4 aromatic heterocycles. The van der Waals surface area contributed by atoms with E-state index in [-0.39, 0.29) is 273 Å². The molecule has 4 atom stereocenters. The third-order valence-electron chi connectivity index (χ3n) is 25.0. The van der Waals surface area contributed by atoms with Crippen molar-refractivity contribution < 1.29 is 91.5 Å². The quantitative estimate of drug-likeness (QED) is 0.00761. The Balaban J connectivity index is 0.000000224. The van der Waals surface area contributed by atoms with Gasteiger partial charge in [0.15, 0.2) is 34.3 Å². The Labute approximate surface area is 958 Å². The summed E-state index contributed by atoms with van der Waals surface area (Å²) in [5.74, 6) is -7.71. The van der Waals surface area contributed by atoms with Gasteiger partial charge in [0.25, 0.3) is 22.9 Å². The number of esters is 2. The van der Waals surface area contributed by atoms with E-state index in [2.05, 4.69) is 213 Å². The fourth-order valence-electron chi connectivity index (χ4n) is 17.9. The van der Waals surface area contributed by atoms with E-state index in [0.29, 0.717) is 41.3 Å². The van der Waals surface area contributed by atoms with E-state index in [4.69, 9.17) is 29.9 Å². The molecule has 0 saturated carbocycles. The third kappa shape index (κ3) is 30.6. The molecule has 0 saturated heterocycles. The van der Waals surface area contributed by atoms with Crippen molar-refractivity contribution in [2.24, 2.45) is 17.6 Å². The Morgan fingerprint density at radius 2 is 0.868 bits per heavy atom. The van der Waals surface area contributed by atoms with Gasteiger partial charge in [-0.3, -0.25) is 72.0 Å². The molecule has 7 aliphatic rings. The number of hydrogen-bond donors (Lipinski definition) is 8. The number of rotatable bonds is 44. The van der Waals surface area contributed by atoms with Gasteiger partial charge >= 0.3 is 261 Å². The molecule has 5 aliphatic heterocycles. The summed E-state index contributed by atoms with van der Waals surface area (Å²) >= 11 is 30.0. The average Bonchev–Trinajstić information content (AvgIpc) is 1.56. The van der Waals surface area contributed by atoms with Gasteiger partial charge in [-0.05, 0) is 133 Å². The van der Waals surface area contributed by atoms with Crippen molar-refractivity contribution >= 4 is 353 Å². The number of imide groups is 1. The summed E-state index contributed by atoms with van der Waals surface area (Å²) < 4.78 is 19.1. The van der Waals surface area contributed by atoms with Gasteiger partial charge in [-0.15, -0.1) is 0 Å². The fraction of sp³-hybridized carbons (Fsp3) is 0.404. The number of pyridine rings is 4. The second-order valence-corrected chi connectivity index (χ2v) is 424. The van der Waals surface area contributed by atoms with Gasteiger partial charge in [-0.25, -0.2) is 19.6 Å². The van der Waals surface area contributed by atoms with Crippen molar-refractivity contribution in [1.29, 1.82) is 0 Å². The summed E-state index contributed by atoms with van der Waals surface area (Å²) in [6, 6.07) is 29.3. The number of nitrogens with zero attached hydrogens (tertiary/aromatic N) is 5. The van der Waals surface area contributed by atoms with Crippen molar-refractivity contribution in [3.8, 4) is 22.8 Å². The van der Waals surface area contributed by atoms with E-state index in [9.17, 15) is 86.9 Å². The van der Waals surface area contributed by atoms with Crippen molar-refractivity contribution in [1.82, 2.24) is 50.6 Å². The molecule has 0 fully saturated rings. The van der Waals surface area contributed by atoms with Crippen molar-refractivity contribution in [2.45, 2.75) is 174 Å². The normalized spacial score (nSPS) is 16.9. The zero-order chi connectivity index (χ0) is 103. The van der Waals surface area contributed by atoms with Crippen LogP contribution in [0.25, 0.3) is 44.6 Å². The molecular weight excluding hydrogens is 3900 g/mol. The molecule has 8 aromatic rings. The van der Waals surface area contributed by atoms with E-state index >= 15 is 0 Å². The van der Waals surface area contributed by atoms with Gasteiger partial charge in [0.1, 0.15) is 19.0 Å². The van der Waals surface area contributed by atoms with Crippen LogP contribution in [0.4, 0.5) is 0 Å². The maximum absolute atomic E-state index is 13.8. The molecular formula is C94H101I18N11O21. The zero-order valence-electron chi connectivity index (χ0n) is 76.2. The number of aromatic nitrogens is 4. The molecule has 0 unspecified atom stereocenters. The summed E-state index contributed by atoms with van der Waals surface area (Å²) in [6.45, 7) is 2.48. The number of hydrogen-bond acceptors (Lipinski definition) is 24.